The second-order valence-electron chi connectivity index (χ2n) is 11.4. The van der Waals surface area contributed by atoms with Gasteiger partial charge in [0.25, 0.3) is 0 Å². The lowest BCUT2D eigenvalue weighted by atomic mass is 9.94. The first-order valence-electron chi connectivity index (χ1n) is 15.2. The Labute approximate surface area is 260 Å². The minimum absolute atomic E-state index is 0.847. The number of rotatable bonds is 4. The molecule has 0 bridgehead atoms. The number of hydrogen-bond donors (Lipinski definition) is 0. The summed E-state index contributed by atoms with van der Waals surface area (Å²) in [4.78, 5) is 10.4. The van der Waals surface area contributed by atoms with Crippen molar-refractivity contribution < 1.29 is 4.42 Å². The standard InChI is InChI=1S/C42H26N2O/c1-3-12-27(13-4-1)29-16-11-17-30(24-29)40-41(44-38-21-10-9-20-37(38)43-40)31-22-23-39-35(25-31)36-26-34(28-14-5-2-6-15-28)32-18-7-8-19-33(32)42(36)45-39/h1-26H. The predicted molar refractivity (Wildman–Crippen MR) is 186 cm³/mol. The highest BCUT2D eigenvalue weighted by atomic mass is 16.3. The summed E-state index contributed by atoms with van der Waals surface area (Å²) in [5.41, 5.74) is 11.9. The first-order chi connectivity index (χ1) is 22.3. The number of nitrogens with zero attached hydrogens (tertiary/aromatic N) is 2. The van der Waals surface area contributed by atoms with Crippen LogP contribution in [0.15, 0.2) is 162 Å². The zero-order chi connectivity index (χ0) is 29.7. The molecule has 210 valence electrons. The van der Waals surface area contributed by atoms with Gasteiger partial charge in [-0.25, -0.2) is 9.97 Å². The normalized spacial score (nSPS) is 11.6. The van der Waals surface area contributed by atoms with Crippen molar-refractivity contribution in [2.45, 2.75) is 0 Å². The fourth-order valence-corrected chi connectivity index (χ4v) is 6.48. The fourth-order valence-electron chi connectivity index (χ4n) is 6.48. The predicted octanol–water partition coefficient (Wildman–Crippen LogP) is 11.4. The van der Waals surface area contributed by atoms with Crippen LogP contribution in [0.25, 0.3) is 88.5 Å². The lowest BCUT2D eigenvalue weighted by Gasteiger charge is -2.12. The summed E-state index contributed by atoms with van der Waals surface area (Å²) < 4.78 is 6.56. The van der Waals surface area contributed by atoms with Gasteiger partial charge in [0.15, 0.2) is 0 Å². The van der Waals surface area contributed by atoms with Crippen LogP contribution >= 0.6 is 0 Å². The lowest BCUT2D eigenvalue weighted by molar-refractivity contribution is 0.673. The summed E-state index contributed by atoms with van der Waals surface area (Å²) in [6.07, 6.45) is 0. The molecule has 0 aliphatic heterocycles. The van der Waals surface area contributed by atoms with E-state index in [9.17, 15) is 0 Å². The molecular weight excluding hydrogens is 548 g/mol. The monoisotopic (exact) mass is 574 g/mol. The van der Waals surface area contributed by atoms with Crippen molar-refractivity contribution >= 4 is 43.7 Å². The molecule has 0 N–H and O–H groups in total. The van der Waals surface area contributed by atoms with Gasteiger partial charge in [-0.05, 0) is 70.1 Å². The van der Waals surface area contributed by atoms with E-state index in [1.165, 1.54) is 22.1 Å². The molecule has 7 aromatic carbocycles. The van der Waals surface area contributed by atoms with Crippen LogP contribution in [0.2, 0.25) is 0 Å². The van der Waals surface area contributed by atoms with Gasteiger partial charge in [-0.2, -0.15) is 0 Å². The number of aromatic nitrogens is 2. The molecule has 0 atom stereocenters. The van der Waals surface area contributed by atoms with E-state index in [2.05, 4.69) is 127 Å². The molecule has 0 aliphatic carbocycles. The highest BCUT2D eigenvalue weighted by Gasteiger charge is 2.18. The maximum absolute atomic E-state index is 6.56. The zero-order valence-electron chi connectivity index (χ0n) is 24.3. The van der Waals surface area contributed by atoms with Crippen molar-refractivity contribution in [3.63, 3.8) is 0 Å². The molecule has 0 amide bonds. The van der Waals surface area contributed by atoms with Crippen molar-refractivity contribution in [3.05, 3.63) is 158 Å². The van der Waals surface area contributed by atoms with Crippen LogP contribution in [-0.4, -0.2) is 9.97 Å². The molecule has 3 heteroatoms. The SMILES string of the molecule is c1ccc(-c2cccc(-c3nc4ccccc4nc3-c3ccc4oc5c6ccccc6c(-c6ccccc6)cc5c4c3)c2)cc1. The van der Waals surface area contributed by atoms with E-state index in [-0.39, 0.29) is 0 Å². The molecule has 2 heterocycles. The van der Waals surface area contributed by atoms with Crippen LogP contribution in [0, 0.1) is 0 Å². The van der Waals surface area contributed by atoms with E-state index >= 15 is 0 Å². The molecule has 3 nitrogen and oxygen atoms in total. The molecule has 0 saturated heterocycles. The molecule has 9 aromatic rings. The molecule has 0 aliphatic rings. The third-order valence-corrected chi connectivity index (χ3v) is 8.65. The summed E-state index contributed by atoms with van der Waals surface area (Å²) in [5.74, 6) is 0. The van der Waals surface area contributed by atoms with Gasteiger partial charge < -0.3 is 4.42 Å². The molecule has 9 rings (SSSR count). The van der Waals surface area contributed by atoms with Gasteiger partial charge in [0.2, 0.25) is 0 Å². The number of fused-ring (bicyclic) bond motifs is 6. The molecule has 0 saturated carbocycles. The van der Waals surface area contributed by atoms with Gasteiger partial charge in [-0.15, -0.1) is 0 Å². The van der Waals surface area contributed by atoms with E-state index < -0.39 is 0 Å². The number of hydrogen-bond acceptors (Lipinski definition) is 3. The Bertz CT molecular complexity index is 2530. The first kappa shape index (κ1) is 25.4. The largest absolute Gasteiger partial charge is 0.455 e. The Kier molecular flexibility index (Phi) is 5.82. The third-order valence-electron chi connectivity index (χ3n) is 8.65. The molecule has 2 aromatic heterocycles. The summed E-state index contributed by atoms with van der Waals surface area (Å²) in [6.45, 7) is 0. The van der Waals surface area contributed by atoms with Crippen molar-refractivity contribution in [2.75, 3.05) is 0 Å². The summed E-state index contributed by atoms with van der Waals surface area (Å²) in [6, 6.07) is 54.9. The quantitative estimate of drug-likeness (QED) is 0.210. The Morgan fingerprint density at radius 3 is 1.67 bits per heavy atom. The van der Waals surface area contributed by atoms with Crippen molar-refractivity contribution in [3.8, 4) is 44.8 Å². The van der Waals surface area contributed by atoms with Crippen LogP contribution in [0.3, 0.4) is 0 Å². The highest BCUT2D eigenvalue weighted by Crippen LogP contribution is 2.42. The number of furan rings is 1. The van der Waals surface area contributed by atoms with Gasteiger partial charge in [0.05, 0.1) is 22.4 Å². The second-order valence-corrected chi connectivity index (χ2v) is 11.4. The number of para-hydroxylation sites is 2. The van der Waals surface area contributed by atoms with E-state index in [1.54, 1.807) is 0 Å². The second kappa shape index (κ2) is 10.3. The number of benzene rings is 7. The average Bonchev–Trinajstić information content (AvgIpc) is 3.50. The zero-order valence-corrected chi connectivity index (χ0v) is 24.3. The minimum Gasteiger partial charge on any atom is -0.455 e. The van der Waals surface area contributed by atoms with Gasteiger partial charge in [-0.1, -0.05) is 115 Å². The van der Waals surface area contributed by atoms with E-state index in [0.717, 1.165) is 66.4 Å². The smallest absolute Gasteiger partial charge is 0.143 e. The van der Waals surface area contributed by atoms with Crippen LogP contribution in [0.5, 0.6) is 0 Å². The molecule has 45 heavy (non-hydrogen) atoms. The Hall–Kier alpha value is -6.06. The van der Waals surface area contributed by atoms with Crippen molar-refractivity contribution in [1.29, 1.82) is 0 Å². The van der Waals surface area contributed by atoms with Gasteiger partial charge in [0.1, 0.15) is 11.2 Å². The maximum Gasteiger partial charge on any atom is 0.143 e. The summed E-state index contributed by atoms with van der Waals surface area (Å²) in [5, 5.41) is 4.43. The lowest BCUT2D eigenvalue weighted by Crippen LogP contribution is -1.95. The summed E-state index contributed by atoms with van der Waals surface area (Å²) in [7, 11) is 0. The fraction of sp³-hybridized carbons (Fsp3) is 0. The van der Waals surface area contributed by atoms with Crippen molar-refractivity contribution in [1.82, 2.24) is 9.97 Å². The third kappa shape index (κ3) is 4.29. The van der Waals surface area contributed by atoms with Crippen LogP contribution < -0.4 is 0 Å². The van der Waals surface area contributed by atoms with Gasteiger partial charge >= 0.3 is 0 Å². The van der Waals surface area contributed by atoms with Gasteiger partial charge in [0, 0.05) is 27.3 Å². The molecule has 0 fully saturated rings. The Balaban J connectivity index is 1.29. The Morgan fingerprint density at radius 2 is 0.933 bits per heavy atom. The summed E-state index contributed by atoms with van der Waals surface area (Å²) >= 11 is 0. The molecule has 0 unspecified atom stereocenters. The van der Waals surface area contributed by atoms with E-state index in [1.807, 2.05) is 30.3 Å². The minimum atomic E-state index is 0.847. The first-order valence-corrected chi connectivity index (χ1v) is 15.2. The Morgan fingerprint density at radius 1 is 0.356 bits per heavy atom. The molecular formula is C42H26N2O. The average molecular weight is 575 g/mol. The van der Waals surface area contributed by atoms with Crippen LogP contribution in [-0.2, 0) is 0 Å². The van der Waals surface area contributed by atoms with Crippen molar-refractivity contribution in [2.24, 2.45) is 0 Å². The highest BCUT2D eigenvalue weighted by molar-refractivity contribution is 6.19. The topological polar surface area (TPSA) is 38.9 Å². The van der Waals surface area contributed by atoms with Crippen LogP contribution in [0.1, 0.15) is 0 Å². The van der Waals surface area contributed by atoms with Gasteiger partial charge in [-0.3, -0.25) is 0 Å². The molecule has 0 spiro atoms. The van der Waals surface area contributed by atoms with E-state index in [0.29, 0.717) is 0 Å². The van der Waals surface area contributed by atoms with E-state index in [4.69, 9.17) is 14.4 Å². The molecule has 0 radical (unpaired) electrons. The maximum atomic E-state index is 6.56. The van der Waals surface area contributed by atoms with Crippen LogP contribution in [0.4, 0.5) is 0 Å².